The normalized spacial score (nSPS) is 12.4. The highest BCUT2D eigenvalue weighted by Gasteiger charge is 2.23. The number of carbonyl (C=O) groups is 3. The van der Waals surface area contributed by atoms with Crippen molar-refractivity contribution in [2.45, 2.75) is 43.5 Å². The van der Waals surface area contributed by atoms with E-state index in [1.165, 1.54) is 25.1 Å². The third kappa shape index (κ3) is 7.26. The molecule has 1 aromatic carbocycles. The Morgan fingerprint density at radius 1 is 1.03 bits per heavy atom. The zero-order chi connectivity index (χ0) is 23.2. The number of nitrogens with one attached hydrogen (secondary N) is 4. The second kappa shape index (κ2) is 9.79. The lowest BCUT2D eigenvalue weighted by atomic mass is 10.2. The number of carbonyl (C=O) groups excluding carboxylic acids is 3. The Labute approximate surface area is 184 Å². The van der Waals surface area contributed by atoms with Gasteiger partial charge in [0.2, 0.25) is 0 Å². The Hall–Kier alpha value is -3.12. The van der Waals surface area contributed by atoms with Gasteiger partial charge < -0.3 is 10.1 Å². The fourth-order valence-electron chi connectivity index (χ4n) is 2.23. The Balaban J connectivity index is 2.00. The van der Waals surface area contributed by atoms with Gasteiger partial charge >= 0.3 is 6.09 Å². The minimum absolute atomic E-state index is 0.00399. The zero-order valence-corrected chi connectivity index (χ0v) is 19.0. The van der Waals surface area contributed by atoms with Crippen LogP contribution in [0.1, 0.15) is 38.1 Å². The van der Waals surface area contributed by atoms with Crippen molar-refractivity contribution in [3.05, 3.63) is 47.3 Å². The van der Waals surface area contributed by atoms with E-state index in [9.17, 15) is 22.8 Å². The first-order valence-corrected chi connectivity index (χ1v) is 11.5. The van der Waals surface area contributed by atoms with Gasteiger partial charge in [0.25, 0.3) is 21.8 Å². The predicted octanol–water partition coefficient (Wildman–Crippen LogP) is 2.22. The first-order chi connectivity index (χ1) is 14.4. The van der Waals surface area contributed by atoms with E-state index in [-0.39, 0.29) is 15.5 Å². The summed E-state index contributed by atoms with van der Waals surface area (Å²) in [6, 6.07) is 7.98. The molecule has 1 heterocycles. The molecular weight excluding hydrogens is 444 g/mol. The summed E-state index contributed by atoms with van der Waals surface area (Å²) in [5.41, 5.74) is 3.69. The molecule has 0 saturated heterocycles. The van der Waals surface area contributed by atoms with E-state index in [1.54, 1.807) is 44.4 Å². The molecule has 0 saturated carbocycles. The molecule has 0 aliphatic rings. The average molecular weight is 469 g/mol. The first kappa shape index (κ1) is 24.2. The number of hydrogen-bond acceptors (Lipinski definition) is 7. The summed E-state index contributed by atoms with van der Waals surface area (Å²) in [5, 5.41) is 3.96. The molecule has 168 valence electrons. The molecular formula is C19H24N4O6S2. The summed E-state index contributed by atoms with van der Waals surface area (Å²) in [7, 11) is -3.86. The molecule has 0 radical (unpaired) electrons. The van der Waals surface area contributed by atoms with Crippen LogP contribution in [-0.2, 0) is 19.6 Å². The van der Waals surface area contributed by atoms with E-state index in [2.05, 4.69) is 20.9 Å². The van der Waals surface area contributed by atoms with Gasteiger partial charge in [0.1, 0.15) is 15.9 Å². The summed E-state index contributed by atoms with van der Waals surface area (Å²) in [6.07, 6.45) is -0.783. The molecule has 12 heteroatoms. The molecule has 10 nitrogen and oxygen atoms in total. The fraction of sp³-hybridized carbons (Fsp3) is 0.316. The fourth-order valence-corrected chi connectivity index (χ4v) is 4.30. The Kier molecular flexibility index (Phi) is 7.63. The van der Waals surface area contributed by atoms with E-state index < -0.39 is 39.6 Å². The smallest absolute Gasteiger partial charge is 0.408 e. The molecule has 1 aromatic heterocycles. The molecule has 0 fully saturated rings. The van der Waals surface area contributed by atoms with E-state index in [4.69, 9.17) is 4.74 Å². The van der Waals surface area contributed by atoms with Crippen molar-refractivity contribution >= 4 is 45.0 Å². The molecule has 4 N–H and O–H groups in total. The third-order valence-electron chi connectivity index (χ3n) is 3.60. The van der Waals surface area contributed by atoms with Crippen LogP contribution in [0.25, 0.3) is 0 Å². The molecule has 3 amide bonds. The number of sulfonamides is 1. The molecule has 0 aliphatic carbocycles. The second-order valence-electron chi connectivity index (χ2n) is 7.39. The number of hydrazine groups is 1. The van der Waals surface area contributed by atoms with Crippen LogP contribution in [0, 0.1) is 0 Å². The first-order valence-electron chi connectivity index (χ1n) is 9.14. The SMILES string of the molecule is CC(NC(=O)OC(C)(C)C)C(=O)NNC(=O)c1ccccc1NS(=O)(=O)c1cccs1. The second-order valence-corrected chi connectivity index (χ2v) is 10.3. The zero-order valence-electron chi connectivity index (χ0n) is 17.4. The maximum Gasteiger partial charge on any atom is 0.408 e. The van der Waals surface area contributed by atoms with Crippen molar-refractivity contribution in [1.82, 2.24) is 16.2 Å². The van der Waals surface area contributed by atoms with E-state index in [1.807, 2.05) is 0 Å². The lowest BCUT2D eigenvalue weighted by molar-refractivity contribution is -0.123. The summed E-state index contributed by atoms with van der Waals surface area (Å²) in [6.45, 7) is 6.46. The van der Waals surface area contributed by atoms with Crippen molar-refractivity contribution in [3.63, 3.8) is 0 Å². The highest BCUT2D eigenvalue weighted by atomic mass is 32.2. The summed E-state index contributed by atoms with van der Waals surface area (Å²) < 4.78 is 32.4. The van der Waals surface area contributed by atoms with Gasteiger partial charge in [-0.05, 0) is 51.3 Å². The monoisotopic (exact) mass is 468 g/mol. The van der Waals surface area contributed by atoms with Crippen LogP contribution in [-0.4, -0.2) is 38.0 Å². The minimum Gasteiger partial charge on any atom is -0.444 e. The number of para-hydroxylation sites is 1. The number of amides is 3. The van der Waals surface area contributed by atoms with Crippen molar-refractivity contribution in [2.24, 2.45) is 0 Å². The average Bonchev–Trinajstić information content (AvgIpc) is 3.20. The van der Waals surface area contributed by atoms with Gasteiger partial charge in [-0.1, -0.05) is 18.2 Å². The van der Waals surface area contributed by atoms with Crippen LogP contribution in [0.5, 0.6) is 0 Å². The van der Waals surface area contributed by atoms with Crippen molar-refractivity contribution < 1.29 is 27.5 Å². The topological polar surface area (TPSA) is 143 Å². The van der Waals surface area contributed by atoms with Crippen molar-refractivity contribution in [3.8, 4) is 0 Å². The molecule has 2 aromatic rings. The van der Waals surface area contributed by atoms with Crippen LogP contribution >= 0.6 is 11.3 Å². The van der Waals surface area contributed by atoms with Gasteiger partial charge in [0.15, 0.2) is 0 Å². The van der Waals surface area contributed by atoms with Gasteiger partial charge in [-0.2, -0.15) is 0 Å². The molecule has 1 atom stereocenters. The number of anilines is 1. The summed E-state index contributed by atoms with van der Waals surface area (Å²) in [5.74, 6) is -1.45. The minimum atomic E-state index is -3.86. The number of rotatable bonds is 6. The van der Waals surface area contributed by atoms with Crippen LogP contribution in [0.15, 0.2) is 46.0 Å². The van der Waals surface area contributed by atoms with Crippen LogP contribution < -0.4 is 20.9 Å². The number of alkyl carbamates (subject to hydrolysis) is 1. The molecule has 0 bridgehead atoms. The lowest BCUT2D eigenvalue weighted by Gasteiger charge is -2.21. The number of ether oxygens (including phenoxy) is 1. The highest BCUT2D eigenvalue weighted by molar-refractivity contribution is 7.94. The maximum absolute atomic E-state index is 12.5. The Bertz CT molecular complexity index is 1050. The number of thiophene rings is 1. The molecule has 31 heavy (non-hydrogen) atoms. The van der Waals surface area contributed by atoms with Crippen LogP contribution in [0.4, 0.5) is 10.5 Å². The molecule has 0 aliphatic heterocycles. The Morgan fingerprint density at radius 2 is 1.71 bits per heavy atom. The standard InChI is InChI=1S/C19H24N4O6S2/c1-12(20-18(26)29-19(2,3)4)16(24)21-22-17(25)13-8-5-6-9-14(13)23-31(27,28)15-10-7-11-30-15/h5-12,23H,1-4H3,(H,20,26)(H,21,24)(H,22,25). The van der Waals surface area contributed by atoms with E-state index >= 15 is 0 Å². The molecule has 2 rings (SSSR count). The quantitative estimate of drug-likeness (QED) is 0.479. The van der Waals surface area contributed by atoms with Crippen molar-refractivity contribution in [1.29, 1.82) is 0 Å². The van der Waals surface area contributed by atoms with Crippen molar-refractivity contribution in [2.75, 3.05) is 4.72 Å². The molecule has 0 spiro atoms. The Morgan fingerprint density at radius 3 is 2.32 bits per heavy atom. The largest absolute Gasteiger partial charge is 0.444 e. The summed E-state index contributed by atoms with van der Waals surface area (Å²) >= 11 is 1.04. The van der Waals surface area contributed by atoms with Gasteiger partial charge in [0.05, 0.1) is 11.3 Å². The maximum atomic E-state index is 12.5. The summed E-state index contributed by atoms with van der Waals surface area (Å²) in [4.78, 5) is 36.4. The predicted molar refractivity (Wildman–Crippen MR) is 116 cm³/mol. The third-order valence-corrected chi connectivity index (χ3v) is 6.36. The number of hydrogen-bond donors (Lipinski definition) is 4. The number of benzene rings is 1. The lowest BCUT2D eigenvalue weighted by Crippen LogP contribution is -2.51. The van der Waals surface area contributed by atoms with Gasteiger partial charge in [0, 0.05) is 0 Å². The van der Waals surface area contributed by atoms with Crippen LogP contribution in [0.3, 0.4) is 0 Å². The van der Waals surface area contributed by atoms with Gasteiger partial charge in [-0.25, -0.2) is 13.2 Å². The van der Waals surface area contributed by atoms with Gasteiger partial charge in [-0.3, -0.25) is 25.2 Å². The van der Waals surface area contributed by atoms with E-state index in [0.717, 1.165) is 11.3 Å². The highest BCUT2D eigenvalue weighted by Crippen LogP contribution is 2.22. The van der Waals surface area contributed by atoms with Crippen LogP contribution in [0.2, 0.25) is 0 Å². The molecule has 1 unspecified atom stereocenters. The van der Waals surface area contributed by atoms with E-state index in [0.29, 0.717) is 0 Å². The van der Waals surface area contributed by atoms with Gasteiger partial charge in [-0.15, -0.1) is 11.3 Å².